The number of carbonyl (C=O) groups excluding carboxylic acids is 2. The molecule has 2 aliphatic rings. The van der Waals surface area contributed by atoms with Crippen molar-refractivity contribution in [3.8, 4) is 0 Å². The molecule has 40 heavy (non-hydrogen) atoms. The van der Waals surface area contributed by atoms with Crippen molar-refractivity contribution in [3.05, 3.63) is 100 Å². The zero-order valence-electron chi connectivity index (χ0n) is 21.7. The molecule has 2 heterocycles. The fourth-order valence-corrected chi connectivity index (χ4v) is 5.95. The molecule has 11 heteroatoms. The summed E-state index contributed by atoms with van der Waals surface area (Å²) in [5.41, 5.74) is 2.49. The average Bonchev–Trinajstić information content (AvgIpc) is 2.98. The molecule has 9 nitrogen and oxygen atoms in total. The molecule has 5 rings (SSSR count). The summed E-state index contributed by atoms with van der Waals surface area (Å²) in [7, 11) is 0. The van der Waals surface area contributed by atoms with Crippen LogP contribution in [0.3, 0.4) is 0 Å². The quantitative estimate of drug-likeness (QED) is 0.308. The Hall–Kier alpha value is -4.25. The van der Waals surface area contributed by atoms with Crippen LogP contribution in [0.15, 0.2) is 83.9 Å². The van der Waals surface area contributed by atoms with E-state index >= 15 is 0 Å². The van der Waals surface area contributed by atoms with Crippen molar-refractivity contribution < 1.29 is 18.9 Å². The van der Waals surface area contributed by atoms with Crippen LogP contribution >= 0.6 is 11.8 Å². The van der Waals surface area contributed by atoms with E-state index in [0.29, 0.717) is 50.0 Å². The van der Waals surface area contributed by atoms with E-state index in [1.165, 1.54) is 36.0 Å². The lowest BCUT2D eigenvalue weighted by Crippen LogP contribution is -2.53. The number of thioether (sulfide) groups is 1. The van der Waals surface area contributed by atoms with E-state index in [9.17, 15) is 24.1 Å². The summed E-state index contributed by atoms with van der Waals surface area (Å²) in [6, 6.07) is 21.9. The first-order valence-electron chi connectivity index (χ1n) is 13.0. The highest BCUT2D eigenvalue weighted by molar-refractivity contribution is 8.15. The highest BCUT2D eigenvalue weighted by Gasteiger charge is 2.38. The Morgan fingerprint density at radius 2 is 1.65 bits per heavy atom. The second kappa shape index (κ2) is 12.3. The van der Waals surface area contributed by atoms with Crippen molar-refractivity contribution in [1.82, 2.24) is 9.80 Å². The molecule has 2 fully saturated rings. The molecule has 0 aromatic heterocycles. The van der Waals surface area contributed by atoms with E-state index in [2.05, 4.69) is 9.89 Å². The number of hydrogen-bond acceptors (Lipinski definition) is 7. The van der Waals surface area contributed by atoms with E-state index in [0.717, 1.165) is 11.3 Å². The molecule has 206 valence electrons. The molecule has 3 aromatic rings. The van der Waals surface area contributed by atoms with Crippen LogP contribution in [0.25, 0.3) is 0 Å². The van der Waals surface area contributed by atoms with Gasteiger partial charge in [-0.3, -0.25) is 24.6 Å². The Balaban J connectivity index is 1.27. The molecule has 2 amide bonds. The van der Waals surface area contributed by atoms with Crippen molar-refractivity contribution in [3.63, 3.8) is 0 Å². The summed E-state index contributed by atoms with van der Waals surface area (Å²) < 4.78 is 13.5. The minimum Gasteiger partial charge on any atom is -0.368 e. The highest BCUT2D eigenvalue weighted by Crippen LogP contribution is 2.31. The Bertz CT molecular complexity index is 1390. The third-order valence-electron chi connectivity index (χ3n) is 6.95. The molecule has 0 radical (unpaired) electrons. The van der Waals surface area contributed by atoms with Crippen LogP contribution in [0.2, 0.25) is 0 Å². The molecule has 0 aliphatic carbocycles. The molecular formula is C29H28FN5O4S. The zero-order valence-corrected chi connectivity index (χ0v) is 22.5. The number of rotatable bonds is 7. The number of nitrogens with zero attached hydrogens (tertiary/aromatic N) is 5. The number of nitro benzene ring substituents is 1. The number of halogens is 1. The minimum absolute atomic E-state index is 0.0347. The van der Waals surface area contributed by atoms with Crippen molar-refractivity contribution in [2.24, 2.45) is 4.99 Å². The van der Waals surface area contributed by atoms with Crippen molar-refractivity contribution >= 4 is 45.8 Å². The van der Waals surface area contributed by atoms with Gasteiger partial charge in [0.2, 0.25) is 11.8 Å². The lowest BCUT2D eigenvalue weighted by molar-refractivity contribution is -0.384. The maximum Gasteiger partial charge on any atom is 0.269 e. The maximum atomic E-state index is 13.5. The number of carbonyl (C=O) groups is 2. The van der Waals surface area contributed by atoms with Gasteiger partial charge >= 0.3 is 0 Å². The Kier molecular flexibility index (Phi) is 8.40. The summed E-state index contributed by atoms with van der Waals surface area (Å²) in [5.74, 6) is -0.659. The summed E-state index contributed by atoms with van der Waals surface area (Å²) in [6.07, 6.45) is 0.710. The van der Waals surface area contributed by atoms with Gasteiger partial charge in [0.25, 0.3) is 5.69 Å². The molecule has 0 bridgehead atoms. The Morgan fingerprint density at radius 1 is 0.975 bits per heavy atom. The first-order chi connectivity index (χ1) is 19.4. The van der Waals surface area contributed by atoms with Crippen LogP contribution in [0.5, 0.6) is 0 Å². The van der Waals surface area contributed by atoms with E-state index in [1.54, 1.807) is 34.1 Å². The number of benzene rings is 3. The van der Waals surface area contributed by atoms with Gasteiger partial charge in [-0.1, -0.05) is 42.1 Å². The molecule has 2 saturated heterocycles. The minimum atomic E-state index is -0.606. The predicted molar refractivity (Wildman–Crippen MR) is 153 cm³/mol. The largest absolute Gasteiger partial charge is 0.368 e. The lowest BCUT2D eigenvalue weighted by atomic mass is 10.1. The average molecular weight is 562 g/mol. The number of non-ortho nitro benzene ring substituents is 1. The molecule has 0 N–H and O–H groups in total. The van der Waals surface area contributed by atoms with Crippen molar-refractivity contribution in [2.75, 3.05) is 37.6 Å². The predicted octanol–water partition coefficient (Wildman–Crippen LogP) is 4.65. The third kappa shape index (κ3) is 6.48. The molecule has 2 aliphatic heterocycles. The molecule has 1 atom stereocenters. The lowest BCUT2D eigenvalue weighted by Gasteiger charge is -2.39. The van der Waals surface area contributed by atoms with Gasteiger partial charge in [-0.05, 0) is 48.4 Å². The van der Waals surface area contributed by atoms with Crippen LogP contribution in [0, 0.1) is 15.9 Å². The number of anilines is 1. The summed E-state index contributed by atoms with van der Waals surface area (Å²) in [5, 5.41) is 10.8. The Morgan fingerprint density at radius 3 is 2.30 bits per heavy atom. The number of amidine groups is 1. The fraction of sp³-hybridized carbons (Fsp3) is 0.276. The van der Waals surface area contributed by atoms with Crippen LogP contribution in [0.1, 0.15) is 12.0 Å². The van der Waals surface area contributed by atoms with Gasteiger partial charge in [-0.15, -0.1) is 0 Å². The maximum absolute atomic E-state index is 13.5. The summed E-state index contributed by atoms with van der Waals surface area (Å²) in [4.78, 5) is 47.5. The number of aliphatic imine (C=N–C) groups is 1. The number of hydrogen-bond donors (Lipinski definition) is 0. The molecule has 0 saturated carbocycles. The highest BCUT2D eigenvalue weighted by atomic mass is 32.2. The summed E-state index contributed by atoms with van der Waals surface area (Å²) in [6.45, 7) is 2.53. The summed E-state index contributed by atoms with van der Waals surface area (Å²) >= 11 is 1.27. The van der Waals surface area contributed by atoms with E-state index in [-0.39, 0.29) is 29.7 Å². The number of nitro groups is 1. The van der Waals surface area contributed by atoms with Gasteiger partial charge in [0, 0.05) is 57.0 Å². The SMILES string of the molecule is O=C([C@H]1CC(=O)N(CCc2ccccc2)C(=Nc2ccc(F)cc2)S1)N1CCN(c2ccc([N+](=O)[O-])cc2)CC1. The van der Waals surface area contributed by atoms with Crippen LogP contribution in [-0.2, 0) is 16.0 Å². The second-order valence-electron chi connectivity index (χ2n) is 9.55. The first kappa shape index (κ1) is 27.3. The van der Waals surface area contributed by atoms with E-state index < -0.39 is 10.2 Å². The zero-order chi connectivity index (χ0) is 28.1. The van der Waals surface area contributed by atoms with Gasteiger partial charge < -0.3 is 9.80 Å². The van der Waals surface area contributed by atoms with Gasteiger partial charge in [0.15, 0.2) is 5.17 Å². The van der Waals surface area contributed by atoms with Gasteiger partial charge in [0.05, 0.1) is 10.6 Å². The molecule has 3 aromatic carbocycles. The molecule has 0 unspecified atom stereocenters. The van der Waals surface area contributed by atoms with E-state index in [4.69, 9.17) is 0 Å². The van der Waals surface area contributed by atoms with E-state index in [1.807, 2.05) is 30.3 Å². The van der Waals surface area contributed by atoms with Crippen molar-refractivity contribution in [2.45, 2.75) is 18.1 Å². The van der Waals surface area contributed by atoms with Gasteiger partial charge in [-0.25, -0.2) is 9.38 Å². The monoisotopic (exact) mass is 561 g/mol. The smallest absolute Gasteiger partial charge is 0.269 e. The standard InChI is InChI=1S/C29H28FN5O4S/c30-22-6-8-23(9-7-22)31-29-34(15-14-21-4-2-1-3-5-21)27(36)20-26(40-29)28(37)33-18-16-32(17-19-33)24-10-12-25(13-11-24)35(38)39/h1-13,26H,14-20H2/t26-/m1/s1. The van der Waals surface area contributed by atoms with Crippen LogP contribution in [-0.4, -0.2) is 69.7 Å². The number of amides is 2. The first-order valence-corrected chi connectivity index (χ1v) is 13.9. The second-order valence-corrected chi connectivity index (χ2v) is 10.7. The van der Waals surface area contributed by atoms with Gasteiger partial charge in [-0.2, -0.15) is 0 Å². The van der Waals surface area contributed by atoms with Crippen LogP contribution < -0.4 is 4.90 Å². The molecular weight excluding hydrogens is 533 g/mol. The Labute approximate surface area is 235 Å². The number of piperazine rings is 1. The fourth-order valence-electron chi connectivity index (χ4n) is 4.74. The topological polar surface area (TPSA) is 99.4 Å². The van der Waals surface area contributed by atoms with Gasteiger partial charge in [0.1, 0.15) is 11.1 Å². The van der Waals surface area contributed by atoms with Crippen LogP contribution in [0.4, 0.5) is 21.5 Å². The third-order valence-corrected chi connectivity index (χ3v) is 8.13. The van der Waals surface area contributed by atoms with Crippen molar-refractivity contribution in [1.29, 1.82) is 0 Å². The normalized spacial score (nSPS) is 18.7. The molecule has 0 spiro atoms.